The predicted octanol–water partition coefficient (Wildman–Crippen LogP) is 5.48. The summed E-state index contributed by atoms with van der Waals surface area (Å²) in [6, 6.07) is 28.9. The zero-order valence-electron chi connectivity index (χ0n) is 15.2. The number of hydrogen-bond donors (Lipinski definition) is 2. The van der Waals surface area contributed by atoms with Gasteiger partial charge >= 0.3 is 0 Å². The van der Waals surface area contributed by atoms with Gasteiger partial charge in [-0.2, -0.15) is 0 Å². The van der Waals surface area contributed by atoms with Crippen molar-refractivity contribution in [2.24, 2.45) is 0 Å². The lowest BCUT2D eigenvalue weighted by Crippen LogP contribution is -2.07. The molecule has 136 valence electrons. The lowest BCUT2D eigenvalue weighted by atomic mass is 9.90. The van der Waals surface area contributed by atoms with Crippen LogP contribution in [0.4, 0.5) is 0 Å². The maximum atomic E-state index is 10.8. The Kier molecular flexibility index (Phi) is 6.37. The fourth-order valence-corrected chi connectivity index (χ4v) is 3.05. The normalized spacial score (nSPS) is 13.8. The van der Waals surface area contributed by atoms with Gasteiger partial charge in [0.05, 0.1) is 6.10 Å². The zero-order valence-corrected chi connectivity index (χ0v) is 15.2. The molecule has 0 fully saturated rings. The minimum Gasteiger partial charge on any atom is -0.388 e. The van der Waals surface area contributed by atoms with Crippen LogP contribution in [0.25, 0.3) is 6.08 Å². The van der Waals surface area contributed by atoms with Gasteiger partial charge in [-0.05, 0) is 27.8 Å². The van der Waals surface area contributed by atoms with E-state index in [2.05, 4.69) is 6.58 Å². The second kappa shape index (κ2) is 9.13. The van der Waals surface area contributed by atoms with E-state index in [4.69, 9.17) is 0 Å². The van der Waals surface area contributed by atoms with Crippen LogP contribution in [0.2, 0.25) is 0 Å². The molecule has 0 spiro atoms. The van der Waals surface area contributed by atoms with E-state index in [1.54, 1.807) is 0 Å². The van der Waals surface area contributed by atoms with Crippen LogP contribution in [0.5, 0.6) is 0 Å². The van der Waals surface area contributed by atoms with Crippen molar-refractivity contribution in [1.82, 2.24) is 0 Å². The summed E-state index contributed by atoms with van der Waals surface area (Å²) in [4.78, 5) is 0. The van der Waals surface area contributed by atoms with Gasteiger partial charge < -0.3 is 10.2 Å². The number of rotatable bonds is 7. The molecule has 0 saturated heterocycles. The summed E-state index contributed by atoms with van der Waals surface area (Å²) in [5.41, 5.74) is 4.07. The van der Waals surface area contributed by atoms with Gasteiger partial charge in [0.25, 0.3) is 0 Å². The Bertz CT molecular complexity index is 883. The summed E-state index contributed by atoms with van der Waals surface area (Å²) in [6.45, 7) is 4.14. The molecule has 2 nitrogen and oxygen atoms in total. The molecule has 0 aromatic heterocycles. The first-order chi connectivity index (χ1) is 13.1. The molecular formula is C25H24O2. The Hall–Kier alpha value is -2.94. The molecule has 0 bridgehead atoms. The summed E-state index contributed by atoms with van der Waals surface area (Å²) in [5, 5.41) is 21.5. The van der Waals surface area contributed by atoms with E-state index in [1.165, 1.54) is 0 Å². The molecule has 2 atom stereocenters. The highest BCUT2D eigenvalue weighted by molar-refractivity contribution is 5.59. The van der Waals surface area contributed by atoms with Gasteiger partial charge in [-0.15, -0.1) is 0 Å². The monoisotopic (exact) mass is 356 g/mol. The van der Waals surface area contributed by atoms with Gasteiger partial charge in [-0.3, -0.25) is 0 Å². The van der Waals surface area contributed by atoms with E-state index < -0.39 is 12.2 Å². The third-order valence-corrected chi connectivity index (χ3v) is 4.60. The average molecular weight is 356 g/mol. The van der Waals surface area contributed by atoms with E-state index in [0.717, 1.165) is 22.3 Å². The van der Waals surface area contributed by atoms with Crippen molar-refractivity contribution in [3.8, 4) is 0 Å². The van der Waals surface area contributed by atoms with Gasteiger partial charge in [0.15, 0.2) is 0 Å². The molecule has 0 amide bonds. The first-order valence-electron chi connectivity index (χ1n) is 9.06. The molecular weight excluding hydrogens is 332 g/mol. The molecule has 0 aliphatic carbocycles. The third kappa shape index (κ3) is 5.04. The Morgan fingerprint density at radius 2 is 1.22 bits per heavy atom. The molecule has 3 rings (SSSR count). The topological polar surface area (TPSA) is 40.5 Å². The Labute approximate surface area is 160 Å². The largest absolute Gasteiger partial charge is 0.388 e. The maximum absolute atomic E-state index is 10.8. The highest BCUT2D eigenvalue weighted by Crippen LogP contribution is 2.33. The van der Waals surface area contributed by atoms with Gasteiger partial charge in [-0.1, -0.05) is 104 Å². The van der Waals surface area contributed by atoms with Crippen molar-refractivity contribution in [3.63, 3.8) is 0 Å². The fourth-order valence-electron chi connectivity index (χ4n) is 3.05. The first kappa shape index (κ1) is 18.8. The first-order valence-corrected chi connectivity index (χ1v) is 9.06. The number of aliphatic hydroxyl groups is 2. The van der Waals surface area contributed by atoms with Gasteiger partial charge in [-0.25, -0.2) is 0 Å². The second-order valence-corrected chi connectivity index (χ2v) is 6.55. The number of aliphatic hydroxyl groups excluding tert-OH is 2. The van der Waals surface area contributed by atoms with Crippen molar-refractivity contribution < 1.29 is 10.2 Å². The molecule has 0 saturated carbocycles. The fraction of sp³-hybridized carbons (Fsp3) is 0.120. The second-order valence-electron chi connectivity index (χ2n) is 6.55. The van der Waals surface area contributed by atoms with Crippen molar-refractivity contribution in [2.75, 3.05) is 0 Å². The van der Waals surface area contributed by atoms with Gasteiger partial charge in [0.2, 0.25) is 0 Å². The van der Waals surface area contributed by atoms with E-state index in [9.17, 15) is 10.2 Å². The van der Waals surface area contributed by atoms with Crippen molar-refractivity contribution in [3.05, 3.63) is 125 Å². The van der Waals surface area contributed by atoms with E-state index in [1.807, 2.05) is 97.1 Å². The molecule has 0 aliphatic heterocycles. The van der Waals surface area contributed by atoms with Crippen LogP contribution < -0.4 is 0 Å². The van der Waals surface area contributed by atoms with Crippen LogP contribution in [0, 0.1) is 0 Å². The summed E-state index contributed by atoms with van der Waals surface area (Å²) in [7, 11) is 0. The van der Waals surface area contributed by atoms with E-state index >= 15 is 0 Å². The molecule has 2 unspecified atom stereocenters. The van der Waals surface area contributed by atoms with Crippen molar-refractivity contribution in [1.29, 1.82) is 0 Å². The minimum atomic E-state index is -0.816. The molecule has 2 heteroatoms. The Morgan fingerprint density at radius 3 is 1.78 bits per heavy atom. The van der Waals surface area contributed by atoms with Crippen LogP contribution in [0.15, 0.2) is 109 Å². The van der Waals surface area contributed by atoms with Crippen LogP contribution in [0.1, 0.15) is 35.3 Å². The molecule has 0 heterocycles. The van der Waals surface area contributed by atoms with Gasteiger partial charge in [0, 0.05) is 6.42 Å². The third-order valence-electron chi connectivity index (χ3n) is 4.60. The average Bonchev–Trinajstić information content (AvgIpc) is 2.74. The molecule has 3 aromatic rings. The standard InChI is InChI=1S/C25H24O2/c1-19(25(27)22-15-9-4-10-16-22)23(17-20-11-5-2-6-12-20)18-24(26)21-13-7-3-8-14-21/h2-17,24-27H,1,18H2/b23-17-. The van der Waals surface area contributed by atoms with Crippen molar-refractivity contribution in [2.45, 2.75) is 18.6 Å². The Balaban J connectivity index is 1.90. The SMILES string of the molecule is C=C(/C(=C\c1ccccc1)CC(O)c1ccccc1)C(O)c1ccccc1. The highest BCUT2D eigenvalue weighted by Gasteiger charge is 2.19. The Morgan fingerprint density at radius 1 is 0.741 bits per heavy atom. The van der Waals surface area contributed by atoms with Gasteiger partial charge in [0.1, 0.15) is 6.10 Å². The van der Waals surface area contributed by atoms with E-state index in [0.29, 0.717) is 12.0 Å². The summed E-state index contributed by atoms with van der Waals surface area (Å²) >= 11 is 0. The highest BCUT2D eigenvalue weighted by atomic mass is 16.3. The van der Waals surface area contributed by atoms with Crippen LogP contribution in [0.3, 0.4) is 0 Å². The predicted molar refractivity (Wildman–Crippen MR) is 111 cm³/mol. The number of hydrogen-bond acceptors (Lipinski definition) is 2. The molecule has 0 aliphatic rings. The lowest BCUT2D eigenvalue weighted by Gasteiger charge is -2.20. The van der Waals surface area contributed by atoms with E-state index in [-0.39, 0.29) is 0 Å². The minimum absolute atomic E-state index is 0.377. The molecule has 3 aromatic carbocycles. The number of benzene rings is 3. The van der Waals surface area contributed by atoms with Crippen LogP contribution in [-0.4, -0.2) is 10.2 Å². The molecule has 2 N–H and O–H groups in total. The van der Waals surface area contributed by atoms with Crippen LogP contribution in [-0.2, 0) is 0 Å². The summed E-state index contributed by atoms with van der Waals surface area (Å²) in [6.07, 6.45) is 0.882. The molecule has 27 heavy (non-hydrogen) atoms. The molecule has 0 radical (unpaired) electrons. The van der Waals surface area contributed by atoms with Crippen molar-refractivity contribution >= 4 is 6.08 Å². The lowest BCUT2D eigenvalue weighted by molar-refractivity contribution is 0.175. The summed E-state index contributed by atoms with van der Waals surface area (Å²) < 4.78 is 0. The quantitative estimate of drug-likeness (QED) is 0.550. The smallest absolute Gasteiger partial charge is 0.104 e. The zero-order chi connectivity index (χ0) is 19.1. The maximum Gasteiger partial charge on any atom is 0.104 e. The summed E-state index contributed by atoms with van der Waals surface area (Å²) in [5.74, 6) is 0. The van der Waals surface area contributed by atoms with Crippen LogP contribution >= 0.6 is 0 Å².